The maximum Gasteiger partial charge on any atom is 0.258 e. The van der Waals surface area contributed by atoms with E-state index in [1.54, 1.807) is 10.6 Å². The second-order valence-corrected chi connectivity index (χ2v) is 9.44. The van der Waals surface area contributed by atoms with Gasteiger partial charge in [0.1, 0.15) is 12.4 Å². The van der Waals surface area contributed by atoms with Gasteiger partial charge in [-0.2, -0.15) is 0 Å². The molecular weight excluding hydrogens is 410 g/mol. The number of piperidine rings is 1. The minimum absolute atomic E-state index is 0.0884. The zero-order valence-corrected chi connectivity index (χ0v) is 19.2. The molecule has 5 heteroatoms. The van der Waals surface area contributed by atoms with E-state index < -0.39 is 0 Å². The molecule has 0 radical (unpaired) electrons. The first-order chi connectivity index (χ1) is 16.1. The molecule has 5 nitrogen and oxygen atoms in total. The van der Waals surface area contributed by atoms with Crippen molar-refractivity contribution in [2.24, 2.45) is 7.05 Å². The van der Waals surface area contributed by atoms with Crippen LogP contribution in [0.1, 0.15) is 42.1 Å². The molecule has 2 bridgehead atoms. The molecule has 33 heavy (non-hydrogen) atoms. The van der Waals surface area contributed by atoms with E-state index in [1.165, 1.54) is 41.4 Å². The maximum absolute atomic E-state index is 12.9. The number of benzene rings is 2. The van der Waals surface area contributed by atoms with Crippen LogP contribution in [0.15, 0.2) is 71.7 Å². The van der Waals surface area contributed by atoms with Gasteiger partial charge in [-0.15, -0.1) is 0 Å². The number of nitrogens with zero attached hydrogens (tertiary/aromatic N) is 3. The van der Waals surface area contributed by atoms with Crippen molar-refractivity contribution in [3.63, 3.8) is 0 Å². The first-order valence-corrected chi connectivity index (χ1v) is 11.8. The summed E-state index contributed by atoms with van der Waals surface area (Å²) < 4.78 is 9.89. The van der Waals surface area contributed by atoms with Gasteiger partial charge in [-0.25, -0.2) is 0 Å². The van der Waals surface area contributed by atoms with Crippen LogP contribution in [0.4, 0.5) is 0 Å². The largest absolute Gasteiger partial charge is 0.489 e. The number of likely N-dealkylation sites (N-methyl/N-ethyl adjacent to an activating group) is 1. The smallest absolute Gasteiger partial charge is 0.258 e. The second kappa shape index (κ2) is 7.92. The van der Waals surface area contributed by atoms with Gasteiger partial charge in [0.25, 0.3) is 5.56 Å². The molecule has 0 aliphatic carbocycles. The van der Waals surface area contributed by atoms with Crippen LogP contribution in [-0.4, -0.2) is 27.1 Å². The van der Waals surface area contributed by atoms with Crippen molar-refractivity contribution in [2.45, 2.75) is 44.4 Å². The molecule has 0 amide bonds. The Morgan fingerprint density at radius 2 is 1.85 bits per heavy atom. The molecule has 2 aromatic carbocycles. The highest BCUT2D eigenvalue weighted by atomic mass is 16.5. The van der Waals surface area contributed by atoms with E-state index in [9.17, 15) is 4.79 Å². The van der Waals surface area contributed by atoms with Gasteiger partial charge >= 0.3 is 0 Å². The molecule has 1 fully saturated rings. The van der Waals surface area contributed by atoms with Crippen LogP contribution in [0.2, 0.25) is 0 Å². The average Bonchev–Trinajstić information content (AvgIpc) is 3.09. The molecular formula is C28H29N3O2. The Balaban J connectivity index is 1.33. The molecule has 2 aromatic heterocycles. The van der Waals surface area contributed by atoms with Crippen LogP contribution >= 0.6 is 0 Å². The standard InChI is InChI=1S/C28H29N3O2/c1-29-20-9-6-10-24(29)28-23-12-11-21(16-25(23)30(2)26(28)15-20)31-14-13-22(17-27(31)32)33-18-19-7-4-3-5-8-19/h3-5,7-8,11-14,16-17,20,24H,6,9-10,15,18H2,1-2H3. The topological polar surface area (TPSA) is 39.4 Å². The van der Waals surface area contributed by atoms with Gasteiger partial charge in [-0.1, -0.05) is 36.4 Å². The summed E-state index contributed by atoms with van der Waals surface area (Å²) in [5.74, 6) is 0.589. The monoisotopic (exact) mass is 439 g/mol. The van der Waals surface area contributed by atoms with Crippen molar-refractivity contribution >= 4 is 10.9 Å². The third kappa shape index (κ3) is 3.39. The fraction of sp³-hybridized carbons (Fsp3) is 0.321. The van der Waals surface area contributed by atoms with Gasteiger partial charge in [0.05, 0.1) is 11.2 Å². The summed E-state index contributed by atoms with van der Waals surface area (Å²) in [6, 6.07) is 21.0. The van der Waals surface area contributed by atoms with Gasteiger partial charge in [0, 0.05) is 48.9 Å². The lowest BCUT2D eigenvalue weighted by Crippen LogP contribution is -2.44. The molecule has 2 atom stereocenters. The predicted molar refractivity (Wildman–Crippen MR) is 131 cm³/mol. The third-order valence-corrected chi connectivity index (χ3v) is 7.61. The number of hydrogen-bond donors (Lipinski definition) is 0. The van der Waals surface area contributed by atoms with Crippen LogP contribution in [0.3, 0.4) is 0 Å². The molecule has 4 heterocycles. The van der Waals surface area contributed by atoms with Gasteiger partial charge in [0.2, 0.25) is 0 Å². The molecule has 0 N–H and O–H groups in total. The highest BCUT2D eigenvalue weighted by Gasteiger charge is 2.38. The first kappa shape index (κ1) is 20.3. The van der Waals surface area contributed by atoms with E-state index in [2.05, 4.69) is 41.8 Å². The van der Waals surface area contributed by atoms with Gasteiger partial charge in [-0.05, 0) is 55.6 Å². The number of ether oxygens (including phenoxy) is 1. The second-order valence-electron chi connectivity index (χ2n) is 9.44. The lowest BCUT2D eigenvalue weighted by atomic mass is 9.82. The van der Waals surface area contributed by atoms with Crippen LogP contribution in [0.5, 0.6) is 5.75 Å². The molecule has 6 rings (SSSR count). The van der Waals surface area contributed by atoms with Crippen molar-refractivity contribution in [3.05, 3.63) is 94.0 Å². The molecule has 0 spiro atoms. The molecule has 1 saturated heterocycles. The number of aryl methyl sites for hydroxylation is 1. The van der Waals surface area contributed by atoms with Crippen molar-refractivity contribution in [2.75, 3.05) is 7.05 Å². The molecule has 168 valence electrons. The van der Waals surface area contributed by atoms with Gasteiger partial charge in [-0.3, -0.25) is 14.3 Å². The lowest BCUT2D eigenvalue weighted by Gasteiger charge is -2.44. The Bertz CT molecular complexity index is 1390. The fourth-order valence-electron chi connectivity index (χ4n) is 5.81. The highest BCUT2D eigenvalue weighted by Crippen LogP contribution is 2.45. The maximum atomic E-state index is 12.9. The van der Waals surface area contributed by atoms with Crippen LogP contribution < -0.4 is 10.3 Å². The quantitative estimate of drug-likeness (QED) is 0.450. The Morgan fingerprint density at radius 1 is 1.00 bits per heavy atom. The average molecular weight is 440 g/mol. The molecule has 4 aromatic rings. The summed E-state index contributed by atoms with van der Waals surface area (Å²) in [5.41, 5.74) is 6.04. The minimum Gasteiger partial charge on any atom is -0.489 e. The van der Waals surface area contributed by atoms with Crippen LogP contribution in [-0.2, 0) is 20.1 Å². The van der Waals surface area contributed by atoms with E-state index in [4.69, 9.17) is 4.74 Å². The van der Waals surface area contributed by atoms with Crippen molar-refractivity contribution in [1.29, 1.82) is 0 Å². The summed E-state index contributed by atoms with van der Waals surface area (Å²) in [6.07, 6.45) is 6.74. The SMILES string of the molecule is CN1C2CCCC1c1c(n(C)c3cc(-n4ccc(OCc5ccccc5)cc4=O)ccc13)C2. The highest BCUT2D eigenvalue weighted by molar-refractivity contribution is 5.88. The molecule has 2 aliphatic heterocycles. The third-order valence-electron chi connectivity index (χ3n) is 7.61. The Labute approximate surface area is 193 Å². The zero-order chi connectivity index (χ0) is 22.5. The Hall–Kier alpha value is -3.31. The van der Waals surface area contributed by atoms with Crippen LogP contribution in [0, 0.1) is 0 Å². The van der Waals surface area contributed by atoms with E-state index in [0.717, 1.165) is 17.7 Å². The Kier molecular flexibility index (Phi) is 4.88. The van der Waals surface area contributed by atoms with E-state index >= 15 is 0 Å². The van der Waals surface area contributed by atoms with Crippen LogP contribution in [0.25, 0.3) is 16.6 Å². The summed E-state index contributed by atoms with van der Waals surface area (Å²) in [5, 5.41) is 1.32. The first-order valence-electron chi connectivity index (χ1n) is 11.8. The predicted octanol–water partition coefficient (Wildman–Crippen LogP) is 4.99. The molecule has 2 aliphatic rings. The zero-order valence-electron chi connectivity index (χ0n) is 19.2. The normalized spacial score (nSPS) is 20.1. The van der Waals surface area contributed by atoms with E-state index in [1.807, 2.05) is 42.6 Å². The fourth-order valence-corrected chi connectivity index (χ4v) is 5.81. The van der Waals surface area contributed by atoms with Gasteiger partial charge < -0.3 is 9.30 Å². The molecule has 0 saturated carbocycles. The van der Waals surface area contributed by atoms with Crippen molar-refractivity contribution in [3.8, 4) is 11.4 Å². The minimum atomic E-state index is -0.0884. The van der Waals surface area contributed by atoms with Crippen molar-refractivity contribution in [1.82, 2.24) is 14.0 Å². The number of rotatable bonds is 4. The number of fused-ring (bicyclic) bond motifs is 6. The summed E-state index contributed by atoms with van der Waals surface area (Å²) >= 11 is 0. The summed E-state index contributed by atoms with van der Waals surface area (Å²) in [4.78, 5) is 15.5. The van der Waals surface area contributed by atoms with E-state index in [-0.39, 0.29) is 5.56 Å². The lowest BCUT2D eigenvalue weighted by molar-refractivity contribution is 0.0991. The number of pyridine rings is 1. The number of aromatic nitrogens is 2. The van der Waals surface area contributed by atoms with E-state index in [0.29, 0.717) is 24.4 Å². The number of hydrogen-bond acceptors (Lipinski definition) is 3. The van der Waals surface area contributed by atoms with Gasteiger partial charge in [0.15, 0.2) is 0 Å². The summed E-state index contributed by atoms with van der Waals surface area (Å²) in [7, 11) is 4.46. The molecule has 2 unspecified atom stereocenters. The summed E-state index contributed by atoms with van der Waals surface area (Å²) in [6.45, 7) is 0.446. The Morgan fingerprint density at radius 3 is 2.67 bits per heavy atom. The van der Waals surface area contributed by atoms with Crippen molar-refractivity contribution < 1.29 is 4.74 Å².